The van der Waals surface area contributed by atoms with Gasteiger partial charge in [-0.1, -0.05) is 38.1 Å². The molecule has 4 heteroatoms. The highest BCUT2D eigenvalue weighted by Gasteiger charge is 2.33. The SMILES string of the molecule is CC(C)[C@H]1c2ccccc2CCN1C(=O)c1cnc[nH]1. The van der Waals surface area contributed by atoms with E-state index in [1.165, 1.54) is 11.1 Å². The number of H-pyrrole nitrogens is 1. The van der Waals surface area contributed by atoms with Crippen LogP contribution >= 0.6 is 0 Å². The predicted molar refractivity (Wildman–Crippen MR) is 77.3 cm³/mol. The van der Waals surface area contributed by atoms with Crippen molar-refractivity contribution >= 4 is 5.91 Å². The number of imidazole rings is 1. The largest absolute Gasteiger partial charge is 0.341 e. The van der Waals surface area contributed by atoms with Crippen LogP contribution in [0.3, 0.4) is 0 Å². The summed E-state index contributed by atoms with van der Waals surface area (Å²) < 4.78 is 0. The molecule has 2 aromatic rings. The molecule has 20 heavy (non-hydrogen) atoms. The van der Waals surface area contributed by atoms with Crippen LogP contribution in [0.1, 0.15) is 41.5 Å². The third-order valence-electron chi connectivity index (χ3n) is 3.95. The van der Waals surface area contributed by atoms with Gasteiger partial charge in [-0.25, -0.2) is 4.98 Å². The Balaban J connectivity index is 1.98. The van der Waals surface area contributed by atoms with E-state index in [1.807, 2.05) is 4.90 Å². The molecule has 2 heterocycles. The van der Waals surface area contributed by atoms with Gasteiger partial charge in [0.1, 0.15) is 5.69 Å². The van der Waals surface area contributed by atoms with Crippen LogP contribution in [-0.4, -0.2) is 27.3 Å². The zero-order chi connectivity index (χ0) is 14.1. The Morgan fingerprint density at radius 3 is 2.90 bits per heavy atom. The highest BCUT2D eigenvalue weighted by molar-refractivity contribution is 5.92. The first-order valence-electron chi connectivity index (χ1n) is 7.05. The van der Waals surface area contributed by atoms with Crippen molar-refractivity contribution in [3.05, 3.63) is 53.6 Å². The normalized spacial score (nSPS) is 18.1. The van der Waals surface area contributed by atoms with Crippen LogP contribution in [0.4, 0.5) is 0 Å². The lowest BCUT2D eigenvalue weighted by molar-refractivity contribution is 0.0598. The number of hydrogen-bond donors (Lipinski definition) is 1. The molecule has 1 atom stereocenters. The van der Waals surface area contributed by atoms with Crippen molar-refractivity contribution < 1.29 is 4.79 Å². The number of aromatic amines is 1. The molecule has 0 bridgehead atoms. The average Bonchev–Trinajstić information content (AvgIpc) is 2.99. The standard InChI is InChI=1S/C16H19N3O/c1-11(2)15-13-6-4-3-5-12(13)7-8-19(15)16(20)14-9-17-10-18-14/h3-6,9-11,15H,7-8H2,1-2H3,(H,17,18)/t15-/m0/s1. The minimum absolute atomic E-state index is 0.0377. The number of rotatable bonds is 2. The highest BCUT2D eigenvalue weighted by atomic mass is 16.2. The van der Waals surface area contributed by atoms with E-state index in [4.69, 9.17) is 0 Å². The van der Waals surface area contributed by atoms with E-state index < -0.39 is 0 Å². The molecule has 0 aliphatic carbocycles. The lowest BCUT2D eigenvalue weighted by Gasteiger charge is -2.39. The number of fused-ring (bicyclic) bond motifs is 1. The Morgan fingerprint density at radius 2 is 2.20 bits per heavy atom. The Labute approximate surface area is 118 Å². The van der Waals surface area contributed by atoms with Gasteiger partial charge in [0.2, 0.25) is 0 Å². The zero-order valence-corrected chi connectivity index (χ0v) is 11.8. The molecule has 0 unspecified atom stereocenters. The summed E-state index contributed by atoms with van der Waals surface area (Å²) in [5.41, 5.74) is 3.21. The molecular formula is C16H19N3O. The lowest BCUT2D eigenvalue weighted by atomic mass is 9.86. The van der Waals surface area contributed by atoms with Gasteiger partial charge in [-0.3, -0.25) is 4.79 Å². The van der Waals surface area contributed by atoms with Crippen molar-refractivity contribution in [2.24, 2.45) is 5.92 Å². The number of carbonyl (C=O) groups excluding carboxylic acids is 1. The van der Waals surface area contributed by atoms with Crippen LogP contribution in [-0.2, 0) is 6.42 Å². The summed E-state index contributed by atoms with van der Waals surface area (Å²) in [7, 11) is 0. The summed E-state index contributed by atoms with van der Waals surface area (Å²) in [4.78, 5) is 21.5. The van der Waals surface area contributed by atoms with E-state index in [2.05, 4.69) is 48.1 Å². The minimum atomic E-state index is 0.0377. The third kappa shape index (κ3) is 2.11. The number of carbonyl (C=O) groups is 1. The van der Waals surface area contributed by atoms with Crippen LogP contribution < -0.4 is 0 Å². The van der Waals surface area contributed by atoms with E-state index in [-0.39, 0.29) is 11.9 Å². The van der Waals surface area contributed by atoms with Gasteiger partial charge in [0, 0.05) is 6.54 Å². The van der Waals surface area contributed by atoms with Gasteiger partial charge < -0.3 is 9.88 Å². The van der Waals surface area contributed by atoms with Gasteiger partial charge >= 0.3 is 0 Å². The van der Waals surface area contributed by atoms with Crippen LogP contribution in [0.25, 0.3) is 0 Å². The van der Waals surface area contributed by atoms with Crippen molar-refractivity contribution in [3.8, 4) is 0 Å². The van der Waals surface area contributed by atoms with Crippen molar-refractivity contribution in [2.45, 2.75) is 26.3 Å². The van der Waals surface area contributed by atoms with Crippen molar-refractivity contribution in [1.82, 2.24) is 14.9 Å². The molecule has 0 saturated heterocycles. The molecule has 104 valence electrons. The van der Waals surface area contributed by atoms with Gasteiger partial charge in [0.05, 0.1) is 18.6 Å². The summed E-state index contributed by atoms with van der Waals surface area (Å²) in [6, 6.07) is 8.58. The molecule has 3 rings (SSSR count). The first-order valence-corrected chi connectivity index (χ1v) is 7.05. The quantitative estimate of drug-likeness (QED) is 0.911. The molecule has 1 aromatic heterocycles. The maximum absolute atomic E-state index is 12.6. The monoisotopic (exact) mass is 269 g/mol. The van der Waals surface area contributed by atoms with E-state index in [0.29, 0.717) is 11.6 Å². The molecule has 1 aliphatic heterocycles. The lowest BCUT2D eigenvalue weighted by Crippen LogP contribution is -2.42. The number of nitrogens with one attached hydrogen (secondary N) is 1. The number of hydrogen-bond acceptors (Lipinski definition) is 2. The van der Waals surface area contributed by atoms with Gasteiger partial charge in [-0.15, -0.1) is 0 Å². The molecule has 0 spiro atoms. The van der Waals surface area contributed by atoms with Crippen LogP contribution in [0, 0.1) is 5.92 Å². The Morgan fingerprint density at radius 1 is 1.40 bits per heavy atom. The molecule has 1 aromatic carbocycles. The third-order valence-corrected chi connectivity index (χ3v) is 3.95. The fraction of sp³-hybridized carbons (Fsp3) is 0.375. The van der Waals surface area contributed by atoms with E-state index >= 15 is 0 Å². The first-order chi connectivity index (χ1) is 9.68. The Kier molecular flexibility index (Phi) is 3.30. The number of aromatic nitrogens is 2. The Bertz CT molecular complexity index is 604. The smallest absolute Gasteiger partial charge is 0.272 e. The van der Waals surface area contributed by atoms with Gasteiger partial charge in [0.15, 0.2) is 0 Å². The van der Waals surface area contributed by atoms with Crippen LogP contribution in [0.5, 0.6) is 0 Å². The molecule has 1 N–H and O–H groups in total. The maximum Gasteiger partial charge on any atom is 0.272 e. The molecule has 4 nitrogen and oxygen atoms in total. The summed E-state index contributed by atoms with van der Waals surface area (Å²) in [6.45, 7) is 5.09. The molecule has 0 fully saturated rings. The topological polar surface area (TPSA) is 49.0 Å². The number of amides is 1. The second-order valence-corrected chi connectivity index (χ2v) is 5.60. The van der Waals surface area contributed by atoms with E-state index in [9.17, 15) is 4.79 Å². The minimum Gasteiger partial charge on any atom is -0.341 e. The van der Waals surface area contributed by atoms with E-state index in [0.717, 1.165) is 13.0 Å². The van der Waals surface area contributed by atoms with Crippen molar-refractivity contribution in [2.75, 3.05) is 6.54 Å². The summed E-state index contributed by atoms with van der Waals surface area (Å²) >= 11 is 0. The molecule has 0 radical (unpaired) electrons. The predicted octanol–water partition coefficient (Wildman–Crippen LogP) is 2.81. The first kappa shape index (κ1) is 12.9. The molecule has 1 amide bonds. The van der Waals surface area contributed by atoms with Crippen molar-refractivity contribution in [3.63, 3.8) is 0 Å². The maximum atomic E-state index is 12.6. The Hall–Kier alpha value is -2.10. The number of nitrogens with zero attached hydrogens (tertiary/aromatic N) is 2. The zero-order valence-electron chi connectivity index (χ0n) is 11.8. The van der Waals surface area contributed by atoms with Gasteiger partial charge in [-0.2, -0.15) is 0 Å². The summed E-state index contributed by atoms with van der Waals surface area (Å²) in [5.74, 6) is 0.416. The average molecular weight is 269 g/mol. The van der Waals surface area contributed by atoms with E-state index in [1.54, 1.807) is 12.5 Å². The fourth-order valence-electron chi connectivity index (χ4n) is 3.07. The number of benzene rings is 1. The van der Waals surface area contributed by atoms with Gasteiger partial charge in [0.25, 0.3) is 5.91 Å². The van der Waals surface area contributed by atoms with Gasteiger partial charge in [-0.05, 0) is 23.5 Å². The second-order valence-electron chi connectivity index (χ2n) is 5.60. The fourth-order valence-corrected chi connectivity index (χ4v) is 3.07. The van der Waals surface area contributed by atoms with Crippen molar-refractivity contribution in [1.29, 1.82) is 0 Å². The molecule has 0 saturated carbocycles. The molecule has 1 aliphatic rings. The molecular weight excluding hydrogens is 250 g/mol. The van der Waals surface area contributed by atoms with Crippen LogP contribution in [0.15, 0.2) is 36.8 Å². The summed E-state index contributed by atoms with van der Waals surface area (Å²) in [5, 5.41) is 0. The van der Waals surface area contributed by atoms with Crippen LogP contribution in [0.2, 0.25) is 0 Å². The highest BCUT2D eigenvalue weighted by Crippen LogP contribution is 2.35. The summed E-state index contributed by atoms with van der Waals surface area (Å²) in [6.07, 6.45) is 4.06. The second kappa shape index (κ2) is 5.12.